The van der Waals surface area contributed by atoms with Crippen molar-refractivity contribution in [3.8, 4) is 0 Å². The van der Waals surface area contributed by atoms with Crippen LogP contribution in [0.4, 0.5) is 5.69 Å². The number of hydrogen-bond acceptors (Lipinski definition) is 2. The summed E-state index contributed by atoms with van der Waals surface area (Å²) >= 11 is 0. The second-order valence-electron chi connectivity index (χ2n) is 5.76. The molecule has 2 aromatic rings. The van der Waals surface area contributed by atoms with Crippen molar-refractivity contribution < 1.29 is 5.11 Å². The van der Waals surface area contributed by atoms with Crippen LogP contribution < -0.4 is 4.90 Å². The van der Waals surface area contributed by atoms with Gasteiger partial charge in [0.1, 0.15) is 6.10 Å². The van der Waals surface area contributed by atoms with E-state index in [9.17, 15) is 5.11 Å². The highest BCUT2D eigenvalue weighted by atomic mass is 16.3. The molecule has 2 aromatic carbocycles. The van der Waals surface area contributed by atoms with Crippen molar-refractivity contribution in [2.45, 2.75) is 32.0 Å². The fourth-order valence-electron chi connectivity index (χ4n) is 3.08. The van der Waals surface area contributed by atoms with Gasteiger partial charge in [0, 0.05) is 11.7 Å². The topological polar surface area (TPSA) is 23.5 Å². The second kappa shape index (κ2) is 5.74. The molecule has 0 spiro atoms. The van der Waals surface area contributed by atoms with E-state index in [2.05, 4.69) is 43.0 Å². The molecule has 0 aliphatic heterocycles. The zero-order valence-corrected chi connectivity index (χ0v) is 12.5. The van der Waals surface area contributed by atoms with Crippen molar-refractivity contribution in [3.63, 3.8) is 0 Å². The number of hydrogen-bond donors (Lipinski definition) is 1. The third-order valence-corrected chi connectivity index (χ3v) is 4.04. The molecule has 1 aliphatic carbocycles. The van der Waals surface area contributed by atoms with Gasteiger partial charge in [0.05, 0.1) is 6.04 Å². The SMILES string of the molecule is CC(C)N(c1ccccc1)[C@@H]1C=Cc2ccccc2[C@H]1O. The van der Waals surface area contributed by atoms with Crippen LogP contribution in [0.2, 0.25) is 0 Å². The van der Waals surface area contributed by atoms with E-state index in [4.69, 9.17) is 0 Å². The lowest BCUT2D eigenvalue weighted by Crippen LogP contribution is -2.44. The molecule has 2 nitrogen and oxygen atoms in total. The molecule has 0 fully saturated rings. The number of benzene rings is 2. The van der Waals surface area contributed by atoms with Gasteiger partial charge in [-0.15, -0.1) is 0 Å². The average molecular weight is 279 g/mol. The van der Waals surface area contributed by atoms with Gasteiger partial charge in [-0.3, -0.25) is 0 Å². The van der Waals surface area contributed by atoms with Gasteiger partial charge in [-0.2, -0.15) is 0 Å². The van der Waals surface area contributed by atoms with Gasteiger partial charge >= 0.3 is 0 Å². The predicted molar refractivity (Wildman–Crippen MR) is 88.3 cm³/mol. The van der Waals surface area contributed by atoms with Crippen LogP contribution in [0, 0.1) is 0 Å². The number of aliphatic hydroxyl groups is 1. The minimum absolute atomic E-state index is 0.0395. The van der Waals surface area contributed by atoms with Gasteiger partial charge in [0.25, 0.3) is 0 Å². The highest BCUT2D eigenvalue weighted by Crippen LogP contribution is 2.34. The molecule has 0 radical (unpaired) electrons. The van der Waals surface area contributed by atoms with E-state index in [1.807, 2.05) is 42.5 Å². The molecule has 108 valence electrons. The van der Waals surface area contributed by atoms with Crippen LogP contribution in [0.5, 0.6) is 0 Å². The molecule has 1 N–H and O–H groups in total. The summed E-state index contributed by atoms with van der Waals surface area (Å²) in [5.74, 6) is 0. The van der Waals surface area contributed by atoms with Crippen LogP contribution in [-0.4, -0.2) is 17.2 Å². The summed E-state index contributed by atoms with van der Waals surface area (Å²) in [6.07, 6.45) is 3.72. The average Bonchev–Trinajstić information content (AvgIpc) is 2.51. The summed E-state index contributed by atoms with van der Waals surface area (Å²) in [5, 5.41) is 10.8. The zero-order chi connectivity index (χ0) is 14.8. The number of rotatable bonds is 3. The maximum atomic E-state index is 10.8. The fourth-order valence-corrected chi connectivity index (χ4v) is 3.08. The Morgan fingerprint density at radius 2 is 1.62 bits per heavy atom. The molecule has 0 aromatic heterocycles. The van der Waals surface area contributed by atoms with E-state index >= 15 is 0 Å². The summed E-state index contributed by atoms with van der Waals surface area (Å²) < 4.78 is 0. The number of fused-ring (bicyclic) bond motifs is 1. The summed E-state index contributed by atoms with van der Waals surface area (Å²) in [6, 6.07) is 18.6. The quantitative estimate of drug-likeness (QED) is 0.917. The van der Waals surface area contributed by atoms with E-state index in [0.717, 1.165) is 16.8 Å². The van der Waals surface area contributed by atoms with Crippen LogP contribution in [-0.2, 0) is 0 Å². The number of para-hydroxylation sites is 1. The van der Waals surface area contributed by atoms with Gasteiger partial charge in [-0.1, -0.05) is 54.6 Å². The van der Waals surface area contributed by atoms with Crippen LogP contribution in [0.3, 0.4) is 0 Å². The molecule has 21 heavy (non-hydrogen) atoms. The number of nitrogens with zero attached hydrogens (tertiary/aromatic N) is 1. The monoisotopic (exact) mass is 279 g/mol. The van der Waals surface area contributed by atoms with Crippen LogP contribution in [0.25, 0.3) is 6.08 Å². The maximum absolute atomic E-state index is 10.8. The first-order valence-corrected chi connectivity index (χ1v) is 7.47. The van der Waals surface area contributed by atoms with E-state index in [1.165, 1.54) is 0 Å². The first-order chi connectivity index (χ1) is 10.2. The highest BCUT2D eigenvalue weighted by Gasteiger charge is 2.30. The third-order valence-electron chi connectivity index (χ3n) is 4.04. The minimum Gasteiger partial charge on any atom is -0.386 e. The van der Waals surface area contributed by atoms with Crippen LogP contribution in [0.1, 0.15) is 31.1 Å². The van der Waals surface area contributed by atoms with Gasteiger partial charge < -0.3 is 10.0 Å². The Hall–Kier alpha value is -2.06. The molecular weight excluding hydrogens is 258 g/mol. The lowest BCUT2D eigenvalue weighted by molar-refractivity contribution is 0.154. The lowest BCUT2D eigenvalue weighted by Gasteiger charge is -2.40. The van der Waals surface area contributed by atoms with Gasteiger partial charge in [0.2, 0.25) is 0 Å². The Bertz CT molecular complexity index is 633. The lowest BCUT2D eigenvalue weighted by atomic mass is 9.89. The molecule has 0 saturated heterocycles. The molecule has 0 amide bonds. The third kappa shape index (κ3) is 2.59. The van der Waals surface area contributed by atoms with E-state index < -0.39 is 6.10 Å². The molecule has 2 atom stereocenters. The highest BCUT2D eigenvalue weighted by molar-refractivity contribution is 5.62. The summed E-state index contributed by atoms with van der Waals surface area (Å²) in [6.45, 7) is 4.32. The Balaban J connectivity index is 1.99. The number of aliphatic hydroxyl groups excluding tert-OH is 1. The van der Waals surface area contributed by atoms with Crippen molar-refractivity contribution in [1.29, 1.82) is 0 Å². The second-order valence-corrected chi connectivity index (χ2v) is 5.76. The van der Waals surface area contributed by atoms with Gasteiger partial charge in [-0.25, -0.2) is 0 Å². The summed E-state index contributed by atoms with van der Waals surface area (Å²) in [5.41, 5.74) is 3.25. The first-order valence-electron chi connectivity index (χ1n) is 7.47. The maximum Gasteiger partial charge on any atom is 0.103 e. The number of anilines is 1. The minimum atomic E-state index is -0.506. The van der Waals surface area contributed by atoms with E-state index in [1.54, 1.807) is 0 Å². The largest absolute Gasteiger partial charge is 0.386 e. The standard InChI is InChI=1S/C19H21NO/c1-14(2)20(16-9-4-3-5-10-16)18-13-12-15-8-6-7-11-17(15)19(18)21/h3-14,18-19,21H,1-2H3/t18-,19-/m1/s1. The van der Waals surface area contributed by atoms with Crippen molar-refractivity contribution in [2.75, 3.05) is 4.90 Å². The predicted octanol–water partition coefficient (Wildman–Crippen LogP) is 4.03. The molecule has 0 saturated carbocycles. The summed E-state index contributed by atoms with van der Waals surface area (Å²) in [7, 11) is 0. The molecule has 0 bridgehead atoms. The summed E-state index contributed by atoms with van der Waals surface area (Å²) in [4.78, 5) is 2.27. The van der Waals surface area contributed by atoms with Crippen LogP contribution in [0.15, 0.2) is 60.7 Å². The molecule has 0 heterocycles. The van der Waals surface area contributed by atoms with Crippen molar-refractivity contribution in [2.24, 2.45) is 0 Å². The van der Waals surface area contributed by atoms with Crippen molar-refractivity contribution in [3.05, 3.63) is 71.8 Å². The van der Waals surface area contributed by atoms with Crippen molar-refractivity contribution in [1.82, 2.24) is 0 Å². The molecular formula is C19H21NO. The molecule has 3 rings (SSSR count). The Kier molecular flexibility index (Phi) is 3.80. The van der Waals surface area contributed by atoms with Gasteiger partial charge in [0.15, 0.2) is 0 Å². The smallest absolute Gasteiger partial charge is 0.103 e. The molecule has 0 unspecified atom stereocenters. The Morgan fingerprint density at radius 1 is 0.952 bits per heavy atom. The van der Waals surface area contributed by atoms with Crippen molar-refractivity contribution >= 4 is 11.8 Å². The van der Waals surface area contributed by atoms with E-state index in [0.29, 0.717) is 6.04 Å². The molecule has 2 heteroatoms. The molecule has 1 aliphatic rings. The van der Waals surface area contributed by atoms with Crippen LogP contribution >= 0.6 is 0 Å². The fraction of sp³-hybridized carbons (Fsp3) is 0.263. The first kappa shape index (κ1) is 13.9. The zero-order valence-electron chi connectivity index (χ0n) is 12.5. The normalized spacial score (nSPS) is 20.4. The van der Waals surface area contributed by atoms with Gasteiger partial charge in [-0.05, 0) is 37.1 Å². The van der Waals surface area contributed by atoms with E-state index in [-0.39, 0.29) is 6.04 Å². The Labute approximate surface area is 126 Å². The Morgan fingerprint density at radius 3 is 2.33 bits per heavy atom.